The van der Waals surface area contributed by atoms with Crippen molar-refractivity contribution in [3.63, 3.8) is 0 Å². The maximum absolute atomic E-state index is 4.84. The van der Waals surface area contributed by atoms with E-state index in [1.165, 1.54) is 22.3 Å². The molecule has 0 amide bonds. The van der Waals surface area contributed by atoms with Gasteiger partial charge < -0.3 is 9.97 Å². The summed E-state index contributed by atoms with van der Waals surface area (Å²) in [5.74, 6) is 0. The molecule has 9 bridgehead atoms. The van der Waals surface area contributed by atoms with Crippen molar-refractivity contribution in [2.75, 3.05) is 0 Å². The Morgan fingerprint density at radius 1 is 0.808 bits per heavy atom. The third kappa shape index (κ3) is 1.46. The summed E-state index contributed by atoms with van der Waals surface area (Å²) in [6, 6.07) is 12.6. The Morgan fingerprint density at radius 2 is 1.62 bits per heavy atom. The number of nitrogens with one attached hydrogen (secondary N) is 2. The van der Waals surface area contributed by atoms with Gasteiger partial charge in [-0.2, -0.15) is 0 Å². The topological polar surface area (TPSA) is 61.8 Å². The van der Waals surface area contributed by atoms with E-state index >= 15 is 0 Å². The van der Waals surface area contributed by atoms with E-state index in [2.05, 4.69) is 57.7 Å². The van der Waals surface area contributed by atoms with Gasteiger partial charge in [-0.05, 0) is 61.0 Å². The van der Waals surface area contributed by atoms with Crippen LogP contribution in [0.4, 0.5) is 0 Å². The molecule has 2 N–H and O–H groups in total. The van der Waals surface area contributed by atoms with E-state index in [1.54, 1.807) is 0 Å². The summed E-state index contributed by atoms with van der Waals surface area (Å²) in [6.07, 6.45) is 4.08. The number of aromatic nitrogens is 5. The minimum Gasteiger partial charge on any atom is -0.355 e. The summed E-state index contributed by atoms with van der Waals surface area (Å²) < 4.78 is 2.30. The summed E-state index contributed by atoms with van der Waals surface area (Å²) >= 11 is 0. The van der Waals surface area contributed by atoms with Gasteiger partial charge in [-0.25, -0.2) is 9.97 Å². The van der Waals surface area contributed by atoms with Gasteiger partial charge in [0.2, 0.25) is 0 Å². The van der Waals surface area contributed by atoms with Crippen molar-refractivity contribution in [2.45, 2.75) is 6.92 Å². The molecule has 5 heteroatoms. The van der Waals surface area contributed by atoms with Crippen molar-refractivity contribution < 1.29 is 0 Å². The standard InChI is InChI=1S/C21H13N5/c1-10-6-15-8-13-3-2-11(22-13)7-12-4-5-14(23-12)9-16-19-21-18(25-16)20(26(19)21)17(10)24-15/h2-9,22,24H,1H3. The highest BCUT2D eigenvalue weighted by atomic mass is 15.1. The van der Waals surface area contributed by atoms with Crippen LogP contribution in [0.15, 0.2) is 36.4 Å². The van der Waals surface area contributed by atoms with E-state index in [9.17, 15) is 0 Å². The van der Waals surface area contributed by atoms with Crippen LogP contribution >= 0.6 is 0 Å². The van der Waals surface area contributed by atoms with Crippen molar-refractivity contribution >= 4 is 50.8 Å². The SMILES string of the molecule is Cc1cc2cc3ccc(cc4nc(cc5nc6c7c-5n7c6c1[nH]2)C=C4)[nH]3. The third-order valence-electron chi connectivity index (χ3n) is 5.35. The molecule has 8 rings (SSSR count). The maximum atomic E-state index is 4.84. The zero-order valence-electron chi connectivity index (χ0n) is 14.0. The molecule has 0 unspecified atom stereocenters. The molecule has 5 nitrogen and oxygen atoms in total. The van der Waals surface area contributed by atoms with E-state index in [1.807, 2.05) is 12.2 Å². The monoisotopic (exact) mass is 335 g/mol. The van der Waals surface area contributed by atoms with Crippen LogP contribution in [-0.4, -0.2) is 24.3 Å². The molecule has 122 valence electrons. The van der Waals surface area contributed by atoms with Gasteiger partial charge in [-0.1, -0.05) is 0 Å². The normalized spacial score (nSPS) is 13.4. The predicted molar refractivity (Wildman–Crippen MR) is 104 cm³/mol. The largest absolute Gasteiger partial charge is 0.355 e. The first-order valence-corrected chi connectivity index (χ1v) is 8.70. The van der Waals surface area contributed by atoms with Gasteiger partial charge in [0.05, 0.1) is 33.8 Å². The molecular weight excluding hydrogens is 322 g/mol. The summed E-state index contributed by atoms with van der Waals surface area (Å²) in [5, 5.41) is 0. The number of H-pyrrole nitrogens is 2. The fraction of sp³-hybridized carbons (Fsp3) is 0.0476. The number of rotatable bonds is 0. The summed E-state index contributed by atoms with van der Waals surface area (Å²) in [7, 11) is 0. The molecule has 0 radical (unpaired) electrons. The summed E-state index contributed by atoms with van der Waals surface area (Å²) in [5.41, 5.74) is 13.3. The minimum atomic E-state index is 0.946. The van der Waals surface area contributed by atoms with E-state index < -0.39 is 0 Å². The average molecular weight is 335 g/mol. The number of nitrogens with zero attached hydrogens (tertiary/aromatic N) is 3. The van der Waals surface area contributed by atoms with Crippen LogP contribution in [0.25, 0.3) is 62.2 Å². The van der Waals surface area contributed by atoms with Gasteiger partial charge in [0.25, 0.3) is 0 Å². The molecule has 0 saturated carbocycles. The molecule has 0 aliphatic carbocycles. The molecule has 5 aromatic heterocycles. The van der Waals surface area contributed by atoms with E-state index in [4.69, 9.17) is 9.97 Å². The lowest BCUT2D eigenvalue weighted by atomic mass is 10.2. The van der Waals surface area contributed by atoms with Crippen molar-refractivity contribution in [1.29, 1.82) is 0 Å². The first kappa shape index (κ1) is 12.7. The van der Waals surface area contributed by atoms with Crippen LogP contribution in [0.3, 0.4) is 0 Å². The van der Waals surface area contributed by atoms with Gasteiger partial charge in [0, 0.05) is 16.6 Å². The Balaban J connectivity index is 1.67. The Morgan fingerprint density at radius 3 is 2.42 bits per heavy atom. The molecule has 3 aliphatic heterocycles. The number of hydrogen-bond donors (Lipinski definition) is 2. The minimum absolute atomic E-state index is 0.946. The zero-order valence-corrected chi connectivity index (χ0v) is 14.0. The first-order chi connectivity index (χ1) is 12.7. The highest BCUT2D eigenvalue weighted by Crippen LogP contribution is 2.49. The van der Waals surface area contributed by atoms with E-state index in [0.717, 1.165) is 44.7 Å². The predicted octanol–water partition coefficient (Wildman–Crippen LogP) is 4.74. The molecule has 5 aromatic rings. The van der Waals surface area contributed by atoms with Crippen molar-refractivity contribution in [2.24, 2.45) is 0 Å². The number of aryl methyl sites for hydroxylation is 1. The molecule has 0 aromatic carbocycles. The highest BCUT2D eigenvalue weighted by Gasteiger charge is 2.34. The van der Waals surface area contributed by atoms with Crippen LogP contribution in [0.1, 0.15) is 17.0 Å². The summed E-state index contributed by atoms with van der Waals surface area (Å²) in [6.45, 7) is 2.14. The van der Waals surface area contributed by atoms with Gasteiger partial charge >= 0.3 is 0 Å². The van der Waals surface area contributed by atoms with E-state index in [0.29, 0.717) is 0 Å². The van der Waals surface area contributed by atoms with Gasteiger partial charge in [-0.3, -0.25) is 4.40 Å². The Bertz CT molecular complexity index is 1540. The molecule has 26 heavy (non-hydrogen) atoms. The van der Waals surface area contributed by atoms with E-state index in [-0.39, 0.29) is 0 Å². The van der Waals surface area contributed by atoms with Crippen molar-refractivity contribution in [3.8, 4) is 11.4 Å². The van der Waals surface area contributed by atoms with Crippen molar-refractivity contribution in [3.05, 3.63) is 53.3 Å². The zero-order chi connectivity index (χ0) is 17.0. The van der Waals surface area contributed by atoms with Crippen LogP contribution in [-0.2, 0) is 0 Å². The Kier molecular flexibility index (Phi) is 1.94. The molecule has 0 saturated heterocycles. The number of hydrogen-bond acceptors (Lipinski definition) is 2. The van der Waals surface area contributed by atoms with Gasteiger partial charge in [0.1, 0.15) is 11.0 Å². The highest BCUT2D eigenvalue weighted by molar-refractivity contribution is 6.21. The lowest BCUT2D eigenvalue weighted by molar-refractivity contribution is 1.27. The van der Waals surface area contributed by atoms with Crippen LogP contribution in [0, 0.1) is 6.92 Å². The van der Waals surface area contributed by atoms with Crippen LogP contribution < -0.4 is 0 Å². The number of aromatic amines is 2. The maximum Gasteiger partial charge on any atom is 0.116 e. The second kappa shape index (κ2) is 3.96. The Labute approximate surface area is 147 Å². The first-order valence-electron chi connectivity index (χ1n) is 8.70. The summed E-state index contributed by atoms with van der Waals surface area (Å²) in [4.78, 5) is 16.5. The molecule has 0 fully saturated rings. The third-order valence-corrected chi connectivity index (χ3v) is 5.35. The van der Waals surface area contributed by atoms with Crippen LogP contribution in [0.5, 0.6) is 0 Å². The second-order valence-electron chi connectivity index (χ2n) is 7.11. The van der Waals surface area contributed by atoms with Crippen molar-refractivity contribution in [1.82, 2.24) is 24.3 Å². The second-order valence-corrected chi connectivity index (χ2v) is 7.11. The molecule has 3 aliphatic rings. The van der Waals surface area contributed by atoms with Crippen LogP contribution in [0.2, 0.25) is 0 Å². The lowest BCUT2D eigenvalue weighted by Gasteiger charge is -2.00. The average Bonchev–Trinajstić information content (AvgIpc) is 3.09. The smallest absolute Gasteiger partial charge is 0.116 e. The Hall–Kier alpha value is -3.60. The molecule has 8 heterocycles. The fourth-order valence-electron chi connectivity index (χ4n) is 4.15. The quantitative estimate of drug-likeness (QED) is 0.420. The fourth-order valence-corrected chi connectivity index (χ4v) is 4.15. The molecule has 0 atom stereocenters. The van der Waals surface area contributed by atoms with Gasteiger partial charge in [0.15, 0.2) is 0 Å². The van der Waals surface area contributed by atoms with Gasteiger partial charge in [-0.15, -0.1) is 0 Å². The lowest BCUT2D eigenvalue weighted by Crippen LogP contribution is -1.89. The molecular formula is C21H13N5. The molecule has 0 spiro atoms.